The van der Waals surface area contributed by atoms with Crippen molar-refractivity contribution in [3.05, 3.63) is 34.9 Å². The highest BCUT2D eigenvalue weighted by atomic mass is 35.5. The number of hydrogen-bond donors (Lipinski definition) is 1. The summed E-state index contributed by atoms with van der Waals surface area (Å²) in [7, 11) is 2.21. The highest BCUT2D eigenvalue weighted by molar-refractivity contribution is 6.31. The molecule has 1 N–H and O–H groups in total. The number of nitrogens with zero attached hydrogens (tertiary/aromatic N) is 1. The first-order valence-corrected chi connectivity index (χ1v) is 7.63. The van der Waals surface area contributed by atoms with Crippen molar-refractivity contribution >= 4 is 11.6 Å². The zero-order chi connectivity index (χ0) is 13.7. The standard InChI is InChI=1S/C16H24ClNO/c1-18(15-8-6-13(12-19)7-9-15)11-10-14-4-2-3-5-16(14)17/h2-5,13,15,19H,6-12H2,1H3. The van der Waals surface area contributed by atoms with Crippen LogP contribution in [0.15, 0.2) is 24.3 Å². The van der Waals surface area contributed by atoms with Crippen LogP contribution in [0.2, 0.25) is 5.02 Å². The Balaban J connectivity index is 1.79. The Bertz CT molecular complexity index is 388. The first-order chi connectivity index (χ1) is 9.20. The fraction of sp³-hybridized carbons (Fsp3) is 0.625. The molecule has 1 aliphatic rings. The van der Waals surface area contributed by atoms with Crippen LogP contribution in [0.5, 0.6) is 0 Å². The minimum atomic E-state index is 0.357. The molecule has 1 fully saturated rings. The summed E-state index contributed by atoms with van der Waals surface area (Å²) in [6.07, 6.45) is 5.76. The van der Waals surface area contributed by atoms with Crippen LogP contribution < -0.4 is 0 Å². The van der Waals surface area contributed by atoms with Crippen molar-refractivity contribution in [3.63, 3.8) is 0 Å². The van der Waals surface area contributed by atoms with E-state index in [9.17, 15) is 5.11 Å². The number of benzene rings is 1. The third kappa shape index (κ3) is 4.20. The fourth-order valence-electron chi connectivity index (χ4n) is 2.95. The van der Waals surface area contributed by atoms with Gasteiger partial charge in [0.15, 0.2) is 0 Å². The molecule has 0 bridgehead atoms. The molecule has 0 aliphatic heterocycles. The number of rotatable bonds is 5. The summed E-state index contributed by atoms with van der Waals surface area (Å²) in [4.78, 5) is 2.46. The maximum atomic E-state index is 9.17. The van der Waals surface area contributed by atoms with E-state index in [1.165, 1.54) is 18.4 Å². The van der Waals surface area contributed by atoms with Gasteiger partial charge in [-0.25, -0.2) is 0 Å². The molecular weight excluding hydrogens is 258 g/mol. The molecule has 0 spiro atoms. The van der Waals surface area contributed by atoms with E-state index in [-0.39, 0.29) is 0 Å². The van der Waals surface area contributed by atoms with Crippen molar-refractivity contribution in [1.82, 2.24) is 4.90 Å². The quantitative estimate of drug-likeness (QED) is 0.895. The topological polar surface area (TPSA) is 23.5 Å². The number of hydrogen-bond acceptors (Lipinski definition) is 2. The van der Waals surface area contributed by atoms with Crippen LogP contribution in [-0.2, 0) is 6.42 Å². The van der Waals surface area contributed by atoms with Gasteiger partial charge in [-0.15, -0.1) is 0 Å². The highest BCUT2D eigenvalue weighted by Crippen LogP contribution is 2.27. The van der Waals surface area contributed by atoms with Crippen molar-refractivity contribution in [2.45, 2.75) is 38.1 Å². The highest BCUT2D eigenvalue weighted by Gasteiger charge is 2.23. The van der Waals surface area contributed by atoms with E-state index < -0.39 is 0 Å². The van der Waals surface area contributed by atoms with Crippen LogP contribution in [-0.4, -0.2) is 36.2 Å². The van der Waals surface area contributed by atoms with Crippen LogP contribution in [0, 0.1) is 5.92 Å². The van der Waals surface area contributed by atoms with Gasteiger partial charge in [-0.05, 0) is 56.7 Å². The molecular formula is C16H24ClNO. The van der Waals surface area contributed by atoms with E-state index >= 15 is 0 Å². The number of aliphatic hydroxyl groups excluding tert-OH is 1. The first kappa shape index (κ1) is 14.8. The van der Waals surface area contributed by atoms with E-state index in [0.29, 0.717) is 18.6 Å². The third-order valence-electron chi connectivity index (χ3n) is 4.39. The molecule has 1 aromatic rings. The van der Waals surface area contributed by atoms with Gasteiger partial charge in [0.25, 0.3) is 0 Å². The second kappa shape index (κ2) is 7.28. The van der Waals surface area contributed by atoms with Crippen molar-refractivity contribution in [2.24, 2.45) is 5.92 Å². The summed E-state index contributed by atoms with van der Waals surface area (Å²) >= 11 is 6.19. The van der Waals surface area contributed by atoms with E-state index in [1.807, 2.05) is 18.2 Å². The van der Waals surface area contributed by atoms with E-state index in [0.717, 1.165) is 30.8 Å². The second-order valence-electron chi connectivity index (χ2n) is 5.68. The van der Waals surface area contributed by atoms with Crippen molar-refractivity contribution < 1.29 is 5.11 Å². The molecule has 1 aliphatic carbocycles. The predicted molar refractivity (Wildman–Crippen MR) is 80.6 cm³/mol. The molecule has 0 aromatic heterocycles. The van der Waals surface area contributed by atoms with Crippen LogP contribution in [0.1, 0.15) is 31.2 Å². The molecule has 19 heavy (non-hydrogen) atoms. The lowest BCUT2D eigenvalue weighted by Gasteiger charge is -2.34. The molecule has 2 rings (SSSR count). The van der Waals surface area contributed by atoms with Crippen LogP contribution >= 0.6 is 11.6 Å². The fourth-order valence-corrected chi connectivity index (χ4v) is 3.18. The first-order valence-electron chi connectivity index (χ1n) is 7.25. The summed E-state index contributed by atoms with van der Waals surface area (Å²) in [5.41, 5.74) is 1.24. The lowest BCUT2D eigenvalue weighted by molar-refractivity contribution is 0.128. The predicted octanol–water partition coefficient (Wildman–Crippen LogP) is 3.37. The molecule has 1 aromatic carbocycles. The van der Waals surface area contributed by atoms with Crippen LogP contribution in [0.4, 0.5) is 0 Å². The molecule has 0 radical (unpaired) electrons. The number of halogens is 1. The van der Waals surface area contributed by atoms with Gasteiger partial charge >= 0.3 is 0 Å². The molecule has 0 heterocycles. The van der Waals surface area contributed by atoms with Gasteiger partial charge in [-0.1, -0.05) is 29.8 Å². The molecule has 0 unspecified atom stereocenters. The maximum Gasteiger partial charge on any atom is 0.0459 e. The summed E-state index contributed by atoms with van der Waals surface area (Å²) in [5, 5.41) is 10.0. The Hall–Kier alpha value is -0.570. The van der Waals surface area contributed by atoms with Gasteiger partial charge in [-0.3, -0.25) is 0 Å². The minimum absolute atomic E-state index is 0.357. The van der Waals surface area contributed by atoms with E-state index in [1.54, 1.807) is 0 Å². The van der Waals surface area contributed by atoms with Crippen LogP contribution in [0.25, 0.3) is 0 Å². The molecule has 1 saturated carbocycles. The number of likely N-dealkylation sites (N-methyl/N-ethyl adjacent to an activating group) is 1. The van der Waals surface area contributed by atoms with Gasteiger partial charge in [-0.2, -0.15) is 0 Å². The normalized spacial score (nSPS) is 23.8. The Morgan fingerprint density at radius 1 is 1.21 bits per heavy atom. The average molecular weight is 282 g/mol. The molecule has 2 nitrogen and oxygen atoms in total. The van der Waals surface area contributed by atoms with Crippen molar-refractivity contribution in [2.75, 3.05) is 20.2 Å². The molecule has 0 amide bonds. The smallest absolute Gasteiger partial charge is 0.0459 e. The molecule has 0 atom stereocenters. The Kier molecular flexibility index (Phi) is 5.68. The Labute approximate surface area is 121 Å². The Morgan fingerprint density at radius 2 is 1.89 bits per heavy atom. The molecule has 0 saturated heterocycles. The summed E-state index contributed by atoms with van der Waals surface area (Å²) in [5.74, 6) is 0.535. The SMILES string of the molecule is CN(CCc1ccccc1Cl)C1CCC(CO)CC1. The van der Waals surface area contributed by atoms with Crippen LogP contribution in [0.3, 0.4) is 0 Å². The Morgan fingerprint density at radius 3 is 2.53 bits per heavy atom. The molecule has 3 heteroatoms. The maximum absolute atomic E-state index is 9.17. The van der Waals surface area contributed by atoms with E-state index in [2.05, 4.69) is 18.0 Å². The van der Waals surface area contributed by atoms with E-state index in [4.69, 9.17) is 11.6 Å². The lowest BCUT2D eigenvalue weighted by atomic mass is 9.86. The zero-order valence-electron chi connectivity index (χ0n) is 11.7. The van der Waals surface area contributed by atoms with Crippen molar-refractivity contribution in [1.29, 1.82) is 0 Å². The van der Waals surface area contributed by atoms with Gasteiger partial charge in [0.05, 0.1) is 0 Å². The summed E-state index contributed by atoms with van der Waals surface area (Å²) < 4.78 is 0. The van der Waals surface area contributed by atoms with Gasteiger partial charge in [0.1, 0.15) is 0 Å². The summed E-state index contributed by atoms with van der Waals surface area (Å²) in [6.45, 7) is 1.41. The third-order valence-corrected chi connectivity index (χ3v) is 4.76. The van der Waals surface area contributed by atoms with Gasteiger partial charge < -0.3 is 10.0 Å². The average Bonchev–Trinajstić information content (AvgIpc) is 2.46. The second-order valence-corrected chi connectivity index (χ2v) is 6.09. The van der Waals surface area contributed by atoms with Crippen molar-refractivity contribution in [3.8, 4) is 0 Å². The monoisotopic (exact) mass is 281 g/mol. The summed E-state index contributed by atoms with van der Waals surface area (Å²) in [6, 6.07) is 8.77. The minimum Gasteiger partial charge on any atom is -0.396 e. The van der Waals surface area contributed by atoms with Gasteiger partial charge in [0.2, 0.25) is 0 Å². The van der Waals surface area contributed by atoms with Gasteiger partial charge in [0, 0.05) is 24.2 Å². The molecule has 106 valence electrons. The largest absolute Gasteiger partial charge is 0.396 e. The number of aliphatic hydroxyl groups is 1. The lowest BCUT2D eigenvalue weighted by Crippen LogP contribution is -2.37. The zero-order valence-corrected chi connectivity index (χ0v) is 12.4.